The predicted molar refractivity (Wildman–Crippen MR) is 53.6 cm³/mol. The van der Waals surface area contributed by atoms with Gasteiger partial charge in [-0.05, 0) is 0 Å². The molecule has 0 radical (unpaired) electrons. The molecule has 0 N–H and O–H groups in total. The Morgan fingerprint density at radius 2 is 1.79 bits per heavy atom. The highest BCUT2D eigenvalue weighted by Gasteiger charge is 2.11. The summed E-state index contributed by atoms with van der Waals surface area (Å²) in [6.45, 7) is 8.93. The molecule has 14 heavy (non-hydrogen) atoms. The lowest BCUT2D eigenvalue weighted by Gasteiger charge is -2.18. The molecule has 0 unspecified atom stereocenters. The third kappa shape index (κ3) is 5.13. The van der Waals surface area contributed by atoms with Crippen molar-refractivity contribution in [2.75, 3.05) is 19.7 Å². The van der Waals surface area contributed by atoms with Gasteiger partial charge in [0, 0.05) is 20.0 Å². The molecule has 4 heteroatoms. The van der Waals surface area contributed by atoms with Crippen LogP contribution in [-0.4, -0.2) is 36.5 Å². The van der Waals surface area contributed by atoms with Crippen LogP contribution in [0.15, 0.2) is 25.3 Å². The van der Waals surface area contributed by atoms with E-state index in [0.29, 0.717) is 13.1 Å². The van der Waals surface area contributed by atoms with E-state index < -0.39 is 5.97 Å². The van der Waals surface area contributed by atoms with Crippen molar-refractivity contribution in [1.29, 1.82) is 0 Å². The zero-order valence-electron chi connectivity index (χ0n) is 8.36. The Labute approximate surface area is 83.8 Å². The van der Waals surface area contributed by atoms with Crippen LogP contribution in [-0.2, 0) is 14.3 Å². The highest BCUT2D eigenvalue weighted by Crippen LogP contribution is 1.92. The van der Waals surface area contributed by atoms with Crippen molar-refractivity contribution in [2.45, 2.75) is 6.92 Å². The minimum atomic E-state index is -0.462. The van der Waals surface area contributed by atoms with Gasteiger partial charge in [-0.15, -0.1) is 13.2 Å². The lowest BCUT2D eigenvalue weighted by atomic mass is 10.4. The van der Waals surface area contributed by atoms with E-state index in [9.17, 15) is 9.59 Å². The molecule has 1 amide bonds. The van der Waals surface area contributed by atoms with Crippen molar-refractivity contribution in [1.82, 2.24) is 4.90 Å². The smallest absolute Gasteiger partial charge is 0.303 e. The Morgan fingerprint density at radius 3 is 2.14 bits per heavy atom. The monoisotopic (exact) mass is 197 g/mol. The second kappa shape index (κ2) is 6.88. The molecule has 0 aliphatic heterocycles. The summed E-state index contributed by atoms with van der Waals surface area (Å²) in [4.78, 5) is 23.3. The van der Waals surface area contributed by atoms with Gasteiger partial charge in [-0.1, -0.05) is 12.2 Å². The minimum Gasteiger partial charge on any atom is -0.456 e. The van der Waals surface area contributed by atoms with E-state index >= 15 is 0 Å². The molecule has 78 valence electrons. The van der Waals surface area contributed by atoms with Crippen LogP contribution in [0.5, 0.6) is 0 Å². The molecular weight excluding hydrogens is 182 g/mol. The number of nitrogens with zero attached hydrogens (tertiary/aromatic N) is 1. The lowest BCUT2D eigenvalue weighted by Crippen LogP contribution is -2.34. The summed E-state index contributed by atoms with van der Waals surface area (Å²) in [6.07, 6.45) is 3.21. The molecule has 0 aromatic carbocycles. The van der Waals surface area contributed by atoms with Gasteiger partial charge >= 0.3 is 5.97 Å². The summed E-state index contributed by atoms with van der Waals surface area (Å²) in [5.74, 6) is -0.712. The zero-order chi connectivity index (χ0) is 11.0. The first kappa shape index (κ1) is 12.4. The van der Waals surface area contributed by atoms with Crippen molar-refractivity contribution < 1.29 is 14.3 Å². The van der Waals surface area contributed by atoms with E-state index in [1.807, 2.05) is 0 Å². The van der Waals surface area contributed by atoms with Gasteiger partial charge in [0.15, 0.2) is 6.61 Å². The van der Waals surface area contributed by atoms with Crippen LogP contribution in [0.2, 0.25) is 0 Å². The van der Waals surface area contributed by atoms with E-state index in [1.165, 1.54) is 11.8 Å². The summed E-state index contributed by atoms with van der Waals surface area (Å²) in [6, 6.07) is 0. The number of ether oxygens (including phenoxy) is 1. The number of esters is 1. The van der Waals surface area contributed by atoms with Gasteiger partial charge in [0.1, 0.15) is 0 Å². The Morgan fingerprint density at radius 1 is 1.29 bits per heavy atom. The topological polar surface area (TPSA) is 46.6 Å². The number of hydrogen-bond donors (Lipinski definition) is 0. The number of rotatable bonds is 6. The Balaban J connectivity index is 4.06. The molecule has 0 rings (SSSR count). The first-order valence-corrected chi connectivity index (χ1v) is 4.24. The molecule has 0 aliphatic carbocycles. The Kier molecular flexibility index (Phi) is 6.11. The second-order valence-electron chi connectivity index (χ2n) is 2.66. The van der Waals surface area contributed by atoms with Crippen LogP contribution in [0, 0.1) is 0 Å². The molecular formula is C10H15NO3. The van der Waals surface area contributed by atoms with Gasteiger partial charge < -0.3 is 9.64 Å². The van der Waals surface area contributed by atoms with Gasteiger partial charge in [-0.25, -0.2) is 0 Å². The van der Waals surface area contributed by atoms with Crippen LogP contribution in [0.25, 0.3) is 0 Å². The summed E-state index contributed by atoms with van der Waals surface area (Å²) in [5.41, 5.74) is 0. The van der Waals surface area contributed by atoms with Crippen LogP contribution < -0.4 is 0 Å². The van der Waals surface area contributed by atoms with Crippen LogP contribution in [0.3, 0.4) is 0 Å². The fourth-order valence-corrected chi connectivity index (χ4v) is 0.845. The molecule has 4 nitrogen and oxygen atoms in total. The van der Waals surface area contributed by atoms with E-state index in [2.05, 4.69) is 17.9 Å². The van der Waals surface area contributed by atoms with Gasteiger partial charge in [0.05, 0.1) is 0 Å². The largest absolute Gasteiger partial charge is 0.456 e. The Bertz CT molecular complexity index is 226. The summed E-state index contributed by atoms with van der Waals surface area (Å²) < 4.78 is 4.58. The Hall–Kier alpha value is -1.58. The van der Waals surface area contributed by atoms with E-state index in [4.69, 9.17) is 0 Å². The quantitative estimate of drug-likeness (QED) is 0.466. The summed E-state index contributed by atoms with van der Waals surface area (Å²) in [5, 5.41) is 0. The van der Waals surface area contributed by atoms with Crippen LogP contribution in [0.4, 0.5) is 0 Å². The molecule has 0 heterocycles. The van der Waals surface area contributed by atoms with Crippen molar-refractivity contribution in [2.24, 2.45) is 0 Å². The molecule has 0 aliphatic rings. The highest BCUT2D eigenvalue weighted by atomic mass is 16.5. The molecule has 0 atom stereocenters. The van der Waals surface area contributed by atoms with E-state index in [0.717, 1.165) is 0 Å². The molecule has 0 saturated heterocycles. The number of amides is 1. The molecule has 0 bridgehead atoms. The third-order valence-corrected chi connectivity index (χ3v) is 1.45. The second-order valence-corrected chi connectivity index (χ2v) is 2.66. The minimum absolute atomic E-state index is 0.225. The first-order chi connectivity index (χ1) is 6.61. The fraction of sp³-hybridized carbons (Fsp3) is 0.400. The average Bonchev–Trinajstić information content (AvgIpc) is 2.14. The van der Waals surface area contributed by atoms with Crippen molar-refractivity contribution in [3.8, 4) is 0 Å². The maximum atomic E-state index is 11.4. The van der Waals surface area contributed by atoms with Crippen LogP contribution >= 0.6 is 0 Å². The lowest BCUT2D eigenvalue weighted by molar-refractivity contribution is -0.149. The van der Waals surface area contributed by atoms with Gasteiger partial charge in [0.2, 0.25) is 0 Å². The number of hydrogen-bond acceptors (Lipinski definition) is 3. The number of carbonyl (C=O) groups is 2. The van der Waals surface area contributed by atoms with Crippen molar-refractivity contribution in [3.63, 3.8) is 0 Å². The molecule has 0 aromatic rings. The zero-order valence-corrected chi connectivity index (χ0v) is 8.36. The molecule has 0 aromatic heterocycles. The van der Waals surface area contributed by atoms with Crippen molar-refractivity contribution in [3.05, 3.63) is 25.3 Å². The standard InChI is InChI=1S/C10H15NO3/c1-4-6-11(7-5-2)10(13)8-14-9(3)12/h4-5H,1-2,6-8H2,3H3. The third-order valence-electron chi connectivity index (χ3n) is 1.45. The average molecular weight is 197 g/mol. The maximum Gasteiger partial charge on any atom is 0.303 e. The fourth-order valence-electron chi connectivity index (χ4n) is 0.845. The first-order valence-electron chi connectivity index (χ1n) is 4.24. The number of carbonyl (C=O) groups excluding carboxylic acids is 2. The van der Waals surface area contributed by atoms with Gasteiger partial charge in [-0.3, -0.25) is 9.59 Å². The van der Waals surface area contributed by atoms with E-state index in [1.54, 1.807) is 12.2 Å². The van der Waals surface area contributed by atoms with Crippen molar-refractivity contribution >= 4 is 11.9 Å². The summed E-state index contributed by atoms with van der Waals surface area (Å²) in [7, 11) is 0. The highest BCUT2D eigenvalue weighted by molar-refractivity contribution is 5.80. The van der Waals surface area contributed by atoms with Gasteiger partial charge in [0.25, 0.3) is 5.91 Å². The molecule has 0 spiro atoms. The maximum absolute atomic E-state index is 11.4. The normalized spacial score (nSPS) is 8.93. The van der Waals surface area contributed by atoms with Gasteiger partial charge in [-0.2, -0.15) is 0 Å². The summed E-state index contributed by atoms with van der Waals surface area (Å²) >= 11 is 0. The van der Waals surface area contributed by atoms with Crippen LogP contribution in [0.1, 0.15) is 6.92 Å². The molecule has 0 saturated carbocycles. The predicted octanol–water partition coefficient (Wildman–Crippen LogP) is 0.750. The molecule has 0 fully saturated rings. The van der Waals surface area contributed by atoms with E-state index in [-0.39, 0.29) is 12.5 Å². The SMILES string of the molecule is C=CCN(CC=C)C(=O)COC(C)=O.